The quantitative estimate of drug-likeness (QED) is 0.671. The van der Waals surface area contributed by atoms with Gasteiger partial charge in [0.1, 0.15) is 11.6 Å². The van der Waals surface area contributed by atoms with E-state index >= 15 is 0 Å². The van der Waals surface area contributed by atoms with E-state index < -0.39 is 11.5 Å². The Balaban J connectivity index is 2.29. The molecule has 1 saturated heterocycles. The number of rotatable bonds is 3. The first kappa shape index (κ1) is 11.6. The van der Waals surface area contributed by atoms with Crippen molar-refractivity contribution in [1.82, 2.24) is 9.97 Å². The zero-order chi connectivity index (χ0) is 12.5. The molecular weight excluding hydrogens is 226 g/mol. The van der Waals surface area contributed by atoms with E-state index in [1.807, 2.05) is 0 Å². The fourth-order valence-corrected chi connectivity index (χ4v) is 1.77. The van der Waals surface area contributed by atoms with Gasteiger partial charge in [0.15, 0.2) is 5.54 Å². The molecule has 17 heavy (non-hydrogen) atoms. The van der Waals surface area contributed by atoms with E-state index in [0.717, 1.165) is 0 Å². The number of carbonyl (C=O) groups is 1. The van der Waals surface area contributed by atoms with Gasteiger partial charge in [0, 0.05) is 19.1 Å². The lowest BCUT2D eigenvalue weighted by Gasteiger charge is -2.24. The standard InChI is InChI=1S/C10H13N3O4/c1-6-11-7(4-8(14)12-6)13-10(9(15)16)2-3-17-5-10/h4H,2-3,5H2,1H3,(H,15,16)(H2,11,12,13,14). The second-order valence-corrected chi connectivity index (χ2v) is 4.03. The molecule has 0 amide bonds. The number of nitrogens with zero attached hydrogens (tertiary/aromatic N) is 1. The number of aryl methyl sites for hydroxylation is 1. The summed E-state index contributed by atoms with van der Waals surface area (Å²) in [6.45, 7) is 2.07. The second kappa shape index (κ2) is 4.17. The molecule has 0 aromatic carbocycles. The van der Waals surface area contributed by atoms with Crippen LogP contribution in [0.1, 0.15) is 12.2 Å². The molecule has 2 rings (SSSR count). The highest BCUT2D eigenvalue weighted by Gasteiger charge is 2.43. The number of carboxylic acid groups (broad SMARTS) is 1. The lowest BCUT2D eigenvalue weighted by Crippen LogP contribution is -2.47. The Kier molecular flexibility index (Phi) is 2.84. The minimum atomic E-state index is -1.19. The predicted octanol–water partition coefficient (Wildman–Crippen LogP) is -0.266. The normalized spacial score (nSPS) is 23.6. The summed E-state index contributed by atoms with van der Waals surface area (Å²) < 4.78 is 5.10. The van der Waals surface area contributed by atoms with E-state index in [9.17, 15) is 14.7 Å². The number of anilines is 1. The number of hydrogen-bond donors (Lipinski definition) is 3. The van der Waals surface area contributed by atoms with Crippen molar-refractivity contribution in [1.29, 1.82) is 0 Å². The number of carboxylic acids is 1. The molecule has 2 heterocycles. The summed E-state index contributed by atoms with van der Waals surface area (Å²) in [4.78, 5) is 29.0. The molecule has 3 N–H and O–H groups in total. The lowest BCUT2D eigenvalue weighted by molar-refractivity contribution is -0.142. The molecule has 1 aliphatic heterocycles. The van der Waals surface area contributed by atoms with Crippen molar-refractivity contribution in [2.75, 3.05) is 18.5 Å². The highest BCUT2D eigenvalue weighted by Crippen LogP contribution is 2.23. The molecule has 0 radical (unpaired) electrons. The van der Waals surface area contributed by atoms with Gasteiger partial charge in [-0.05, 0) is 6.92 Å². The average molecular weight is 239 g/mol. The largest absolute Gasteiger partial charge is 0.479 e. The van der Waals surface area contributed by atoms with Crippen LogP contribution < -0.4 is 10.9 Å². The fraction of sp³-hybridized carbons (Fsp3) is 0.500. The molecule has 1 fully saturated rings. The molecule has 7 heteroatoms. The monoisotopic (exact) mass is 239 g/mol. The second-order valence-electron chi connectivity index (χ2n) is 4.03. The van der Waals surface area contributed by atoms with E-state index in [2.05, 4.69) is 15.3 Å². The molecule has 1 aromatic heterocycles. The maximum absolute atomic E-state index is 11.2. The van der Waals surface area contributed by atoms with Crippen LogP contribution in [0.4, 0.5) is 5.82 Å². The summed E-state index contributed by atoms with van der Waals surface area (Å²) in [5.41, 5.74) is -1.51. The molecule has 0 aliphatic carbocycles. The van der Waals surface area contributed by atoms with Crippen LogP contribution in [-0.2, 0) is 9.53 Å². The SMILES string of the molecule is Cc1nc(NC2(C(=O)O)CCOC2)cc(=O)[nH]1. The van der Waals surface area contributed by atoms with Crippen molar-refractivity contribution in [3.63, 3.8) is 0 Å². The summed E-state index contributed by atoms with van der Waals surface area (Å²) in [5, 5.41) is 12.0. The van der Waals surface area contributed by atoms with Gasteiger partial charge < -0.3 is 20.1 Å². The van der Waals surface area contributed by atoms with E-state index in [0.29, 0.717) is 18.9 Å². The zero-order valence-corrected chi connectivity index (χ0v) is 9.32. The van der Waals surface area contributed by atoms with Gasteiger partial charge >= 0.3 is 5.97 Å². The average Bonchev–Trinajstić information content (AvgIpc) is 2.65. The van der Waals surface area contributed by atoms with E-state index in [1.54, 1.807) is 6.92 Å². The number of hydrogen-bond acceptors (Lipinski definition) is 5. The smallest absolute Gasteiger partial charge is 0.331 e. The molecule has 1 aromatic rings. The Labute approximate surface area is 96.8 Å². The lowest BCUT2D eigenvalue weighted by atomic mass is 9.99. The van der Waals surface area contributed by atoms with Crippen LogP contribution in [-0.4, -0.2) is 39.8 Å². The molecule has 1 atom stereocenters. The van der Waals surface area contributed by atoms with Crippen LogP contribution in [0.15, 0.2) is 10.9 Å². The van der Waals surface area contributed by atoms with Crippen molar-refractivity contribution in [3.05, 3.63) is 22.2 Å². The predicted molar refractivity (Wildman–Crippen MR) is 59.0 cm³/mol. The molecule has 0 saturated carbocycles. The maximum atomic E-state index is 11.2. The third-order valence-corrected chi connectivity index (χ3v) is 2.66. The van der Waals surface area contributed by atoms with Crippen LogP contribution in [0.5, 0.6) is 0 Å². The van der Waals surface area contributed by atoms with Gasteiger partial charge in [-0.1, -0.05) is 0 Å². The van der Waals surface area contributed by atoms with Crippen LogP contribution in [0, 0.1) is 6.92 Å². The number of H-pyrrole nitrogens is 1. The van der Waals surface area contributed by atoms with Gasteiger partial charge in [0.05, 0.1) is 6.61 Å². The Bertz CT molecular complexity index is 491. The maximum Gasteiger partial charge on any atom is 0.331 e. The molecule has 1 unspecified atom stereocenters. The number of aromatic nitrogens is 2. The number of nitrogens with one attached hydrogen (secondary N) is 2. The summed E-state index contributed by atoms with van der Waals surface area (Å²) >= 11 is 0. The number of aliphatic carboxylic acids is 1. The third kappa shape index (κ3) is 2.28. The van der Waals surface area contributed by atoms with Gasteiger partial charge in [-0.2, -0.15) is 0 Å². The van der Waals surface area contributed by atoms with E-state index in [-0.39, 0.29) is 18.0 Å². The van der Waals surface area contributed by atoms with Crippen LogP contribution in [0.3, 0.4) is 0 Å². The van der Waals surface area contributed by atoms with Gasteiger partial charge in [-0.3, -0.25) is 4.79 Å². The molecular formula is C10H13N3O4. The van der Waals surface area contributed by atoms with Crippen LogP contribution in [0.2, 0.25) is 0 Å². The Morgan fingerprint density at radius 3 is 3.00 bits per heavy atom. The van der Waals surface area contributed by atoms with Gasteiger partial charge in [0.25, 0.3) is 5.56 Å². The topological polar surface area (TPSA) is 104 Å². The molecule has 1 aliphatic rings. The van der Waals surface area contributed by atoms with Gasteiger partial charge in [-0.15, -0.1) is 0 Å². The highest BCUT2D eigenvalue weighted by atomic mass is 16.5. The Hall–Kier alpha value is -1.89. The molecule has 0 bridgehead atoms. The van der Waals surface area contributed by atoms with Crippen LogP contribution in [0.25, 0.3) is 0 Å². The van der Waals surface area contributed by atoms with Crippen molar-refractivity contribution in [2.45, 2.75) is 18.9 Å². The first-order valence-corrected chi connectivity index (χ1v) is 5.19. The van der Waals surface area contributed by atoms with Crippen molar-refractivity contribution < 1.29 is 14.6 Å². The molecule has 0 spiro atoms. The summed E-state index contributed by atoms with van der Waals surface area (Å²) in [7, 11) is 0. The summed E-state index contributed by atoms with van der Waals surface area (Å²) in [5.74, 6) is -0.326. The highest BCUT2D eigenvalue weighted by molar-refractivity contribution is 5.83. The van der Waals surface area contributed by atoms with E-state index in [4.69, 9.17) is 4.74 Å². The number of ether oxygens (including phenoxy) is 1. The van der Waals surface area contributed by atoms with Crippen molar-refractivity contribution in [3.8, 4) is 0 Å². The third-order valence-electron chi connectivity index (χ3n) is 2.66. The minimum absolute atomic E-state index is 0.0653. The number of aromatic amines is 1. The molecule has 92 valence electrons. The van der Waals surface area contributed by atoms with Crippen molar-refractivity contribution in [2.24, 2.45) is 0 Å². The van der Waals surface area contributed by atoms with Crippen LogP contribution >= 0.6 is 0 Å². The van der Waals surface area contributed by atoms with Gasteiger partial charge in [0.2, 0.25) is 0 Å². The Morgan fingerprint density at radius 1 is 1.71 bits per heavy atom. The first-order valence-electron chi connectivity index (χ1n) is 5.19. The summed E-state index contributed by atoms with van der Waals surface area (Å²) in [6.07, 6.45) is 0.343. The van der Waals surface area contributed by atoms with E-state index in [1.165, 1.54) is 6.07 Å². The summed E-state index contributed by atoms with van der Waals surface area (Å²) in [6, 6.07) is 1.23. The van der Waals surface area contributed by atoms with Crippen molar-refractivity contribution >= 4 is 11.8 Å². The Morgan fingerprint density at radius 2 is 2.47 bits per heavy atom. The van der Waals surface area contributed by atoms with Gasteiger partial charge in [-0.25, -0.2) is 9.78 Å². The zero-order valence-electron chi connectivity index (χ0n) is 9.32. The first-order chi connectivity index (χ1) is 8.02. The fourth-order valence-electron chi connectivity index (χ4n) is 1.77. The molecule has 7 nitrogen and oxygen atoms in total. The minimum Gasteiger partial charge on any atom is -0.479 e.